The summed E-state index contributed by atoms with van der Waals surface area (Å²) >= 11 is 0. The molecule has 0 aliphatic heterocycles. The first-order chi connectivity index (χ1) is 4.68. The highest BCUT2D eigenvalue weighted by atomic mass is 16.3. The molecule has 0 radical (unpaired) electrons. The molecule has 0 bridgehead atoms. The van der Waals surface area contributed by atoms with Gasteiger partial charge in [0.05, 0.1) is 12.8 Å². The van der Waals surface area contributed by atoms with Crippen LogP contribution in [0.25, 0.3) is 0 Å². The molecule has 0 aliphatic carbocycles. The van der Waals surface area contributed by atoms with E-state index in [1.807, 2.05) is 21.0 Å². The summed E-state index contributed by atoms with van der Waals surface area (Å²) in [7, 11) is 4.05. The fourth-order valence-electron chi connectivity index (χ4n) is 0.885. The third kappa shape index (κ3) is 1.88. The normalized spacial score (nSPS) is 10.8. The first-order valence-corrected chi connectivity index (χ1v) is 3.37. The summed E-state index contributed by atoms with van der Waals surface area (Å²) in [5, 5.41) is 0. The van der Waals surface area contributed by atoms with Crippen LogP contribution in [-0.4, -0.2) is 19.0 Å². The number of hydrogen-bond acceptors (Lipinski definition) is 2. The van der Waals surface area contributed by atoms with Crippen molar-refractivity contribution in [2.24, 2.45) is 0 Å². The van der Waals surface area contributed by atoms with Crippen molar-refractivity contribution in [3.63, 3.8) is 0 Å². The number of hydrogen-bond donors (Lipinski definition) is 0. The second kappa shape index (κ2) is 2.88. The zero-order valence-corrected chi connectivity index (χ0v) is 6.72. The van der Waals surface area contributed by atoms with E-state index in [9.17, 15) is 0 Å². The van der Waals surface area contributed by atoms with Gasteiger partial charge in [-0.1, -0.05) is 0 Å². The maximum atomic E-state index is 5.23. The molecule has 1 aromatic heterocycles. The second-order valence-electron chi connectivity index (χ2n) is 2.83. The fraction of sp³-hybridized carbons (Fsp3) is 0.500. The van der Waals surface area contributed by atoms with Crippen molar-refractivity contribution in [1.82, 2.24) is 4.90 Å². The van der Waals surface area contributed by atoms with Crippen LogP contribution < -0.4 is 0 Å². The van der Waals surface area contributed by atoms with Crippen LogP contribution in [0, 0.1) is 6.92 Å². The van der Waals surface area contributed by atoms with Crippen LogP contribution in [0.5, 0.6) is 0 Å². The summed E-state index contributed by atoms with van der Waals surface area (Å²) in [6.07, 6.45) is 1.78. The molecule has 0 N–H and O–H groups in total. The first-order valence-electron chi connectivity index (χ1n) is 3.37. The van der Waals surface area contributed by atoms with Crippen LogP contribution in [0.2, 0.25) is 0 Å². The molecule has 0 atom stereocenters. The maximum Gasteiger partial charge on any atom is 0.118 e. The molecule has 0 amide bonds. The Labute approximate surface area is 61.4 Å². The summed E-state index contributed by atoms with van der Waals surface area (Å²) in [6, 6.07) is 2.06. The summed E-state index contributed by atoms with van der Waals surface area (Å²) in [5.74, 6) is 1.03. The predicted molar refractivity (Wildman–Crippen MR) is 40.8 cm³/mol. The summed E-state index contributed by atoms with van der Waals surface area (Å²) in [5.41, 5.74) is 1.19. The fourth-order valence-corrected chi connectivity index (χ4v) is 0.885. The Morgan fingerprint density at radius 2 is 2.20 bits per heavy atom. The van der Waals surface area contributed by atoms with Gasteiger partial charge >= 0.3 is 0 Å². The van der Waals surface area contributed by atoms with E-state index < -0.39 is 0 Å². The van der Waals surface area contributed by atoms with Gasteiger partial charge in [-0.25, -0.2) is 0 Å². The van der Waals surface area contributed by atoms with Gasteiger partial charge in [0.25, 0.3) is 0 Å². The van der Waals surface area contributed by atoms with Crippen molar-refractivity contribution in [1.29, 1.82) is 0 Å². The first kappa shape index (κ1) is 7.35. The SMILES string of the molecule is Cc1coc(CN(C)C)c1. The summed E-state index contributed by atoms with van der Waals surface area (Å²) in [4.78, 5) is 2.08. The molecule has 1 rings (SSSR count). The van der Waals surface area contributed by atoms with E-state index in [1.165, 1.54) is 5.56 Å². The Morgan fingerprint density at radius 1 is 1.50 bits per heavy atom. The van der Waals surface area contributed by atoms with Gasteiger partial charge in [-0.2, -0.15) is 0 Å². The molecular formula is C8H13NO. The molecule has 2 heteroatoms. The minimum atomic E-state index is 0.883. The van der Waals surface area contributed by atoms with Crippen molar-refractivity contribution in [3.8, 4) is 0 Å². The molecule has 0 fully saturated rings. The third-order valence-electron chi connectivity index (χ3n) is 1.26. The smallest absolute Gasteiger partial charge is 0.118 e. The Morgan fingerprint density at radius 3 is 2.60 bits per heavy atom. The number of nitrogens with zero attached hydrogens (tertiary/aromatic N) is 1. The van der Waals surface area contributed by atoms with Crippen molar-refractivity contribution >= 4 is 0 Å². The summed E-state index contributed by atoms with van der Waals surface area (Å²) in [6.45, 7) is 2.91. The van der Waals surface area contributed by atoms with E-state index in [4.69, 9.17) is 4.42 Å². The van der Waals surface area contributed by atoms with Crippen molar-refractivity contribution < 1.29 is 4.42 Å². The van der Waals surface area contributed by atoms with Crippen LogP contribution in [0.3, 0.4) is 0 Å². The van der Waals surface area contributed by atoms with Gasteiger partial charge < -0.3 is 9.32 Å². The van der Waals surface area contributed by atoms with Crippen LogP contribution in [0.4, 0.5) is 0 Å². The standard InChI is InChI=1S/C8H13NO/c1-7-4-8(10-6-7)5-9(2)3/h4,6H,5H2,1-3H3. The highest BCUT2D eigenvalue weighted by molar-refractivity contribution is 5.09. The van der Waals surface area contributed by atoms with Gasteiger partial charge in [-0.05, 0) is 32.6 Å². The van der Waals surface area contributed by atoms with Gasteiger partial charge in [0, 0.05) is 0 Å². The van der Waals surface area contributed by atoms with Gasteiger partial charge in [0.2, 0.25) is 0 Å². The van der Waals surface area contributed by atoms with E-state index in [0.29, 0.717) is 0 Å². The predicted octanol–water partition coefficient (Wildman–Crippen LogP) is 1.65. The lowest BCUT2D eigenvalue weighted by atomic mass is 10.3. The van der Waals surface area contributed by atoms with E-state index in [0.717, 1.165) is 12.3 Å². The van der Waals surface area contributed by atoms with E-state index >= 15 is 0 Å². The third-order valence-corrected chi connectivity index (χ3v) is 1.26. The zero-order valence-electron chi connectivity index (χ0n) is 6.72. The lowest BCUT2D eigenvalue weighted by Crippen LogP contribution is -2.09. The molecule has 0 unspecified atom stereocenters. The second-order valence-corrected chi connectivity index (χ2v) is 2.83. The Kier molecular flexibility index (Phi) is 2.12. The number of rotatable bonds is 2. The van der Waals surface area contributed by atoms with E-state index in [-0.39, 0.29) is 0 Å². The number of furan rings is 1. The van der Waals surface area contributed by atoms with Gasteiger partial charge in [-0.15, -0.1) is 0 Å². The molecule has 2 nitrogen and oxygen atoms in total. The lowest BCUT2D eigenvalue weighted by Gasteiger charge is -2.04. The average molecular weight is 139 g/mol. The minimum absolute atomic E-state index is 0.883. The molecule has 10 heavy (non-hydrogen) atoms. The van der Waals surface area contributed by atoms with Crippen molar-refractivity contribution in [3.05, 3.63) is 23.7 Å². The molecule has 0 saturated heterocycles. The lowest BCUT2D eigenvalue weighted by molar-refractivity contribution is 0.350. The molecular weight excluding hydrogens is 126 g/mol. The zero-order chi connectivity index (χ0) is 7.56. The van der Waals surface area contributed by atoms with Crippen LogP contribution in [-0.2, 0) is 6.54 Å². The molecule has 1 heterocycles. The van der Waals surface area contributed by atoms with Crippen LogP contribution in [0.15, 0.2) is 16.7 Å². The van der Waals surface area contributed by atoms with Crippen molar-refractivity contribution in [2.75, 3.05) is 14.1 Å². The van der Waals surface area contributed by atoms with Gasteiger partial charge in [-0.3, -0.25) is 0 Å². The molecule has 56 valence electrons. The monoisotopic (exact) mass is 139 g/mol. The van der Waals surface area contributed by atoms with Crippen LogP contribution in [0.1, 0.15) is 11.3 Å². The highest BCUT2D eigenvalue weighted by Crippen LogP contribution is 2.06. The van der Waals surface area contributed by atoms with E-state index in [2.05, 4.69) is 11.0 Å². The van der Waals surface area contributed by atoms with Crippen LogP contribution >= 0.6 is 0 Å². The van der Waals surface area contributed by atoms with Gasteiger partial charge in [0.1, 0.15) is 5.76 Å². The summed E-state index contributed by atoms with van der Waals surface area (Å²) < 4.78 is 5.23. The Balaban J connectivity index is 2.58. The van der Waals surface area contributed by atoms with Gasteiger partial charge in [0.15, 0.2) is 0 Å². The molecule has 0 saturated carbocycles. The Bertz CT molecular complexity index is 203. The van der Waals surface area contributed by atoms with E-state index in [1.54, 1.807) is 6.26 Å². The largest absolute Gasteiger partial charge is 0.468 e. The topological polar surface area (TPSA) is 16.4 Å². The molecule has 0 spiro atoms. The molecule has 1 aromatic rings. The quantitative estimate of drug-likeness (QED) is 0.619. The number of aryl methyl sites for hydroxylation is 1. The minimum Gasteiger partial charge on any atom is -0.468 e. The highest BCUT2D eigenvalue weighted by Gasteiger charge is 1.98. The molecule has 0 aromatic carbocycles. The Hall–Kier alpha value is -0.760. The maximum absolute atomic E-state index is 5.23. The average Bonchev–Trinajstić information content (AvgIpc) is 2.13. The van der Waals surface area contributed by atoms with Crippen molar-refractivity contribution in [2.45, 2.75) is 13.5 Å². The molecule has 0 aliphatic rings.